The predicted molar refractivity (Wildman–Crippen MR) is 110 cm³/mol. The lowest BCUT2D eigenvalue weighted by atomic mass is 9.98. The van der Waals surface area contributed by atoms with Gasteiger partial charge in [-0.1, -0.05) is 0 Å². The topological polar surface area (TPSA) is 59.1 Å². The molecule has 6 heteroatoms. The Labute approximate surface area is 171 Å². The highest BCUT2D eigenvalue weighted by atomic mass is 16.5. The van der Waals surface area contributed by atoms with E-state index in [2.05, 4.69) is 0 Å². The second-order valence-corrected chi connectivity index (χ2v) is 7.53. The highest BCUT2D eigenvalue weighted by molar-refractivity contribution is 5.98. The van der Waals surface area contributed by atoms with Crippen LogP contribution < -0.4 is 9.47 Å². The van der Waals surface area contributed by atoms with Gasteiger partial charge in [-0.05, 0) is 66.8 Å². The quantitative estimate of drug-likeness (QED) is 0.799. The normalized spacial score (nSPS) is 15.8. The van der Waals surface area contributed by atoms with Crippen molar-refractivity contribution in [2.75, 3.05) is 33.9 Å². The van der Waals surface area contributed by atoms with Crippen LogP contribution in [0.15, 0.2) is 36.4 Å². The van der Waals surface area contributed by atoms with E-state index in [1.165, 1.54) is 5.56 Å². The highest BCUT2D eigenvalue weighted by Crippen LogP contribution is 2.33. The lowest BCUT2D eigenvalue weighted by Gasteiger charge is -2.29. The van der Waals surface area contributed by atoms with E-state index >= 15 is 0 Å². The van der Waals surface area contributed by atoms with Gasteiger partial charge in [-0.25, -0.2) is 0 Å². The average Bonchev–Trinajstić information content (AvgIpc) is 3.31. The molecule has 0 unspecified atom stereocenters. The fourth-order valence-electron chi connectivity index (χ4n) is 4.10. The molecule has 0 aromatic heterocycles. The minimum Gasteiger partial charge on any atom is -0.493 e. The van der Waals surface area contributed by atoms with Crippen LogP contribution in [0.3, 0.4) is 0 Å². The Morgan fingerprint density at radius 1 is 0.759 bits per heavy atom. The van der Waals surface area contributed by atoms with Gasteiger partial charge in [0.2, 0.25) is 0 Å². The van der Waals surface area contributed by atoms with Crippen molar-refractivity contribution in [2.24, 2.45) is 0 Å². The van der Waals surface area contributed by atoms with Crippen LogP contribution in [0.25, 0.3) is 0 Å². The summed E-state index contributed by atoms with van der Waals surface area (Å²) in [7, 11) is 3.24. The van der Waals surface area contributed by atoms with E-state index < -0.39 is 0 Å². The molecule has 1 saturated heterocycles. The monoisotopic (exact) mass is 394 g/mol. The average molecular weight is 394 g/mol. The Kier molecular flexibility index (Phi) is 5.43. The number of hydrogen-bond acceptors (Lipinski definition) is 4. The maximum Gasteiger partial charge on any atom is 0.254 e. The van der Waals surface area contributed by atoms with Crippen LogP contribution in [0.1, 0.15) is 44.7 Å². The predicted octanol–water partition coefficient (Wildman–Crippen LogP) is 3.14. The molecule has 2 aliphatic heterocycles. The van der Waals surface area contributed by atoms with Crippen LogP contribution in [0.5, 0.6) is 11.5 Å². The van der Waals surface area contributed by atoms with Gasteiger partial charge in [0.1, 0.15) is 0 Å². The second kappa shape index (κ2) is 8.15. The molecule has 0 radical (unpaired) electrons. The Morgan fingerprint density at radius 3 is 1.83 bits per heavy atom. The van der Waals surface area contributed by atoms with Gasteiger partial charge in [0.15, 0.2) is 11.5 Å². The number of hydrogen-bond donors (Lipinski definition) is 0. The van der Waals surface area contributed by atoms with Gasteiger partial charge in [0.25, 0.3) is 11.8 Å². The minimum absolute atomic E-state index is 0.0226. The van der Waals surface area contributed by atoms with Crippen molar-refractivity contribution in [3.63, 3.8) is 0 Å². The molecule has 1 fully saturated rings. The van der Waals surface area contributed by atoms with Crippen LogP contribution in [0, 0.1) is 0 Å². The number of benzene rings is 2. The van der Waals surface area contributed by atoms with Gasteiger partial charge < -0.3 is 19.3 Å². The molecule has 2 aromatic carbocycles. The summed E-state index contributed by atoms with van der Waals surface area (Å²) >= 11 is 0. The standard InChI is InChI=1S/C23H26N2O4/c1-28-20-13-18-9-12-25(15-19(18)14-21(20)29-2)23(27)17-7-5-16(6-8-17)22(26)24-10-3-4-11-24/h5-8,13-14H,3-4,9-12,15H2,1-2H3. The number of nitrogens with zero attached hydrogens (tertiary/aromatic N) is 2. The third kappa shape index (κ3) is 3.79. The Bertz CT molecular complexity index is 917. The van der Waals surface area contributed by atoms with Crippen molar-refractivity contribution in [1.82, 2.24) is 9.80 Å². The van der Waals surface area contributed by atoms with E-state index in [0.717, 1.165) is 37.9 Å². The van der Waals surface area contributed by atoms with E-state index in [-0.39, 0.29) is 11.8 Å². The van der Waals surface area contributed by atoms with Gasteiger partial charge in [-0.3, -0.25) is 9.59 Å². The van der Waals surface area contributed by atoms with E-state index in [4.69, 9.17) is 9.47 Å². The Hall–Kier alpha value is -3.02. The van der Waals surface area contributed by atoms with Gasteiger partial charge in [-0.2, -0.15) is 0 Å². The van der Waals surface area contributed by atoms with Crippen molar-refractivity contribution >= 4 is 11.8 Å². The first kappa shape index (κ1) is 19.3. The number of rotatable bonds is 4. The highest BCUT2D eigenvalue weighted by Gasteiger charge is 2.24. The molecule has 6 nitrogen and oxygen atoms in total. The molecule has 0 spiro atoms. The molecule has 152 valence electrons. The fraction of sp³-hybridized carbons (Fsp3) is 0.391. The van der Waals surface area contributed by atoms with Crippen molar-refractivity contribution in [2.45, 2.75) is 25.8 Å². The molecule has 0 saturated carbocycles. The number of methoxy groups -OCH3 is 2. The third-order valence-electron chi connectivity index (χ3n) is 5.78. The molecular weight excluding hydrogens is 368 g/mol. The third-order valence-corrected chi connectivity index (χ3v) is 5.78. The van der Waals surface area contributed by atoms with Crippen LogP contribution in [-0.2, 0) is 13.0 Å². The van der Waals surface area contributed by atoms with Crippen molar-refractivity contribution in [3.05, 3.63) is 58.7 Å². The Morgan fingerprint density at radius 2 is 1.28 bits per heavy atom. The van der Waals surface area contributed by atoms with Crippen LogP contribution in [0.4, 0.5) is 0 Å². The number of fused-ring (bicyclic) bond motifs is 1. The second-order valence-electron chi connectivity index (χ2n) is 7.53. The molecule has 2 amide bonds. The molecule has 0 atom stereocenters. The van der Waals surface area contributed by atoms with Crippen LogP contribution in [-0.4, -0.2) is 55.5 Å². The zero-order valence-electron chi connectivity index (χ0n) is 16.9. The lowest BCUT2D eigenvalue weighted by molar-refractivity contribution is 0.0732. The SMILES string of the molecule is COc1cc2c(cc1OC)CN(C(=O)c1ccc(C(=O)N3CCCC3)cc1)CC2. The van der Waals surface area contributed by atoms with E-state index in [9.17, 15) is 9.59 Å². The van der Waals surface area contributed by atoms with Crippen molar-refractivity contribution in [1.29, 1.82) is 0 Å². The van der Waals surface area contributed by atoms with Crippen LogP contribution in [0.2, 0.25) is 0 Å². The minimum atomic E-state index is -0.0226. The summed E-state index contributed by atoms with van der Waals surface area (Å²) in [6, 6.07) is 11.0. The summed E-state index contributed by atoms with van der Waals surface area (Å²) in [5, 5.41) is 0. The van der Waals surface area contributed by atoms with Crippen LogP contribution >= 0.6 is 0 Å². The first-order chi connectivity index (χ1) is 14.1. The summed E-state index contributed by atoms with van der Waals surface area (Å²) in [4.78, 5) is 29.2. The molecule has 0 N–H and O–H groups in total. The summed E-state index contributed by atoms with van der Waals surface area (Å²) < 4.78 is 10.8. The molecule has 0 bridgehead atoms. The number of ether oxygens (including phenoxy) is 2. The van der Waals surface area contributed by atoms with Gasteiger partial charge in [0, 0.05) is 37.3 Å². The molecule has 4 rings (SSSR count). The van der Waals surface area contributed by atoms with E-state index in [1.54, 1.807) is 38.5 Å². The fourth-order valence-corrected chi connectivity index (χ4v) is 4.10. The van der Waals surface area contributed by atoms with Gasteiger partial charge in [-0.15, -0.1) is 0 Å². The lowest BCUT2D eigenvalue weighted by Crippen LogP contribution is -2.36. The van der Waals surface area contributed by atoms with E-state index in [1.807, 2.05) is 21.9 Å². The largest absolute Gasteiger partial charge is 0.493 e. The maximum atomic E-state index is 13.0. The molecule has 2 aromatic rings. The van der Waals surface area contributed by atoms with E-state index in [0.29, 0.717) is 35.7 Å². The Balaban J connectivity index is 1.48. The number of carbonyl (C=O) groups is 2. The summed E-state index contributed by atoms with van der Waals surface area (Å²) in [5.41, 5.74) is 3.50. The number of carbonyl (C=O) groups excluding carboxylic acids is 2. The molecular formula is C23H26N2O4. The zero-order chi connectivity index (χ0) is 20.4. The first-order valence-corrected chi connectivity index (χ1v) is 10.0. The maximum absolute atomic E-state index is 13.0. The molecule has 0 aliphatic carbocycles. The van der Waals surface area contributed by atoms with Gasteiger partial charge >= 0.3 is 0 Å². The van der Waals surface area contributed by atoms with Crippen molar-refractivity contribution in [3.8, 4) is 11.5 Å². The molecule has 2 aliphatic rings. The number of amides is 2. The first-order valence-electron chi connectivity index (χ1n) is 10.0. The summed E-state index contributed by atoms with van der Waals surface area (Å²) in [6.07, 6.45) is 2.90. The molecule has 29 heavy (non-hydrogen) atoms. The van der Waals surface area contributed by atoms with Gasteiger partial charge in [0.05, 0.1) is 14.2 Å². The smallest absolute Gasteiger partial charge is 0.254 e. The number of likely N-dealkylation sites (tertiary alicyclic amines) is 1. The summed E-state index contributed by atoms with van der Waals surface area (Å²) in [5.74, 6) is 1.41. The zero-order valence-corrected chi connectivity index (χ0v) is 16.9. The summed E-state index contributed by atoms with van der Waals surface area (Å²) in [6.45, 7) is 2.82. The molecule has 2 heterocycles. The van der Waals surface area contributed by atoms with Crippen molar-refractivity contribution < 1.29 is 19.1 Å².